The Labute approximate surface area is 63.4 Å². The van der Waals surface area contributed by atoms with E-state index >= 15 is 0 Å². The molecule has 1 heteroatoms. The number of aliphatic hydroxyl groups excluding tert-OH is 1. The van der Waals surface area contributed by atoms with E-state index in [9.17, 15) is 5.11 Å². The van der Waals surface area contributed by atoms with Gasteiger partial charge in [-0.05, 0) is 31.1 Å². The molecule has 0 radical (unpaired) electrons. The molecule has 0 heterocycles. The van der Waals surface area contributed by atoms with Crippen molar-refractivity contribution < 1.29 is 5.11 Å². The predicted octanol–water partition coefficient (Wildman–Crippen LogP) is 2.34. The number of rotatable bonds is 1. The van der Waals surface area contributed by atoms with Crippen molar-refractivity contribution in [2.75, 3.05) is 0 Å². The molecule has 0 aromatic carbocycles. The Kier molecular flexibility index (Phi) is 2.35. The Hall–Kier alpha value is -0.0400. The fourth-order valence-corrected chi connectivity index (χ4v) is 1.65. The van der Waals surface area contributed by atoms with Gasteiger partial charge in [0.05, 0.1) is 6.10 Å². The zero-order valence-electron chi connectivity index (χ0n) is 7.06. The van der Waals surface area contributed by atoms with Crippen molar-refractivity contribution in [3.05, 3.63) is 0 Å². The summed E-state index contributed by atoms with van der Waals surface area (Å²) in [7, 11) is 0. The molecule has 0 atom stereocenters. The molecule has 1 nitrogen and oxygen atoms in total. The van der Waals surface area contributed by atoms with E-state index in [0.29, 0.717) is 5.41 Å². The van der Waals surface area contributed by atoms with Crippen LogP contribution in [-0.2, 0) is 0 Å². The van der Waals surface area contributed by atoms with E-state index in [2.05, 4.69) is 13.8 Å². The van der Waals surface area contributed by atoms with Crippen molar-refractivity contribution >= 4 is 0 Å². The van der Waals surface area contributed by atoms with Crippen LogP contribution in [0, 0.1) is 5.41 Å². The third-order valence-corrected chi connectivity index (χ3v) is 3.02. The summed E-state index contributed by atoms with van der Waals surface area (Å²) in [6.07, 6.45) is 5.73. The summed E-state index contributed by atoms with van der Waals surface area (Å²) in [5.41, 5.74) is 0.541. The maximum absolute atomic E-state index is 9.24. The normalized spacial score (nSPS) is 41.7. The summed E-state index contributed by atoms with van der Waals surface area (Å²) in [6, 6.07) is 0. The van der Waals surface area contributed by atoms with Gasteiger partial charge in [-0.25, -0.2) is 0 Å². The molecule has 0 aliphatic heterocycles. The molecule has 0 unspecified atom stereocenters. The molecule has 0 bridgehead atoms. The molecule has 10 heavy (non-hydrogen) atoms. The lowest BCUT2D eigenvalue weighted by atomic mass is 9.73. The molecular weight excluding hydrogens is 124 g/mol. The van der Waals surface area contributed by atoms with Crippen molar-refractivity contribution in [3.63, 3.8) is 0 Å². The zero-order valence-corrected chi connectivity index (χ0v) is 7.06. The third-order valence-electron chi connectivity index (χ3n) is 3.02. The lowest BCUT2D eigenvalue weighted by molar-refractivity contribution is 0.0696. The number of hydrogen-bond acceptors (Lipinski definition) is 1. The Morgan fingerprint density at radius 1 is 1.40 bits per heavy atom. The van der Waals surface area contributed by atoms with Crippen LogP contribution in [0.1, 0.15) is 46.0 Å². The van der Waals surface area contributed by atoms with Gasteiger partial charge in [-0.3, -0.25) is 0 Å². The van der Waals surface area contributed by atoms with E-state index in [4.69, 9.17) is 0 Å². The van der Waals surface area contributed by atoms with Gasteiger partial charge in [0.1, 0.15) is 0 Å². The summed E-state index contributed by atoms with van der Waals surface area (Å²) in [5, 5.41) is 9.24. The molecule has 0 aromatic heterocycles. The number of hydrogen-bond donors (Lipinski definition) is 1. The molecule has 0 amide bonds. The molecule has 0 spiro atoms. The maximum Gasteiger partial charge on any atom is 0.0540 e. The minimum absolute atomic E-state index is 0.000347. The highest BCUT2D eigenvalue weighted by Crippen LogP contribution is 2.38. The van der Waals surface area contributed by atoms with Crippen LogP contribution in [0.3, 0.4) is 0 Å². The second-order valence-electron chi connectivity index (χ2n) is 3.90. The smallest absolute Gasteiger partial charge is 0.0540 e. The first kappa shape index (κ1) is 8.06. The van der Waals surface area contributed by atoms with E-state index < -0.39 is 0 Å². The second kappa shape index (κ2) is 2.91. The molecule has 1 N–H and O–H groups in total. The zero-order chi connectivity index (χ0) is 7.61. The first-order valence-corrected chi connectivity index (χ1v) is 4.34. The topological polar surface area (TPSA) is 20.2 Å². The number of aliphatic hydroxyl groups is 1. The largest absolute Gasteiger partial charge is 0.393 e. The summed E-state index contributed by atoms with van der Waals surface area (Å²) < 4.78 is 0. The van der Waals surface area contributed by atoms with Crippen molar-refractivity contribution in [3.8, 4) is 0 Å². The molecule has 1 aliphatic rings. The summed E-state index contributed by atoms with van der Waals surface area (Å²) >= 11 is 0. The van der Waals surface area contributed by atoms with E-state index in [-0.39, 0.29) is 6.10 Å². The van der Waals surface area contributed by atoms with Crippen molar-refractivity contribution in [2.24, 2.45) is 5.41 Å². The minimum atomic E-state index is -0.000347. The van der Waals surface area contributed by atoms with Gasteiger partial charge in [-0.2, -0.15) is 0 Å². The predicted molar refractivity (Wildman–Crippen MR) is 42.9 cm³/mol. The molecule has 0 aromatic rings. The van der Waals surface area contributed by atoms with Gasteiger partial charge in [0.25, 0.3) is 0 Å². The first-order chi connectivity index (χ1) is 4.66. The lowest BCUT2D eigenvalue weighted by Crippen LogP contribution is -2.26. The van der Waals surface area contributed by atoms with Crippen molar-refractivity contribution in [1.29, 1.82) is 0 Å². The quantitative estimate of drug-likeness (QED) is 0.595. The van der Waals surface area contributed by atoms with Crippen LogP contribution in [0.15, 0.2) is 0 Å². The van der Waals surface area contributed by atoms with Crippen LogP contribution >= 0.6 is 0 Å². The second-order valence-corrected chi connectivity index (χ2v) is 3.90. The Morgan fingerprint density at radius 2 is 1.90 bits per heavy atom. The van der Waals surface area contributed by atoms with Crippen LogP contribution in [0.5, 0.6) is 0 Å². The van der Waals surface area contributed by atoms with Crippen LogP contribution in [-0.4, -0.2) is 11.2 Å². The molecule has 1 fully saturated rings. The average molecular weight is 142 g/mol. The fraction of sp³-hybridized carbons (Fsp3) is 1.00. The molecule has 1 aliphatic carbocycles. The van der Waals surface area contributed by atoms with E-state index in [1.165, 1.54) is 19.3 Å². The summed E-state index contributed by atoms with van der Waals surface area (Å²) in [6.45, 7) is 4.58. The highest BCUT2D eigenvalue weighted by Gasteiger charge is 2.27. The van der Waals surface area contributed by atoms with Gasteiger partial charge in [0, 0.05) is 0 Å². The van der Waals surface area contributed by atoms with Crippen LogP contribution < -0.4 is 0 Å². The highest BCUT2D eigenvalue weighted by atomic mass is 16.3. The van der Waals surface area contributed by atoms with E-state index in [0.717, 1.165) is 12.8 Å². The monoisotopic (exact) mass is 142 g/mol. The average Bonchev–Trinajstić information content (AvgIpc) is 1.96. The molecule has 60 valence electrons. The lowest BCUT2D eigenvalue weighted by Gasteiger charge is -2.34. The summed E-state index contributed by atoms with van der Waals surface area (Å²) in [5.74, 6) is 0. The van der Waals surface area contributed by atoms with E-state index in [1.807, 2.05) is 0 Å². The fourth-order valence-electron chi connectivity index (χ4n) is 1.65. The van der Waals surface area contributed by atoms with Gasteiger partial charge in [0.2, 0.25) is 0 Å². The molecule has 1 saturated carbocycles. The van der Waals surface area contributed by atoms with Gasteiger partial charge >= 0.3 is 0 Å². The highest BCUT2D eigenvalue weighted by molar-refractivity contribution is 4.80. The molecule has 1 rings (SSSR count). The molecular formula is C9H18O. The van der Waals surface area contributed by atoms with Gasteiger partial charge in [-0.1, -0.05) is 20.3 Å². The van der Waals surface area contributed by atoms with Crippen molar-refractivity contribution in [2.45, 2.75) is 52.1 Å². The summed E-state index contributed by atoms with van der Waals surface area (Å²) in [4.78, 5) is 0. The van der Waals surface area contributed by atoms with Crippen molar-refractivity contribution in [1.82, 2.24) is 0 Å². The minimum Gasteiger partial charge on any atom is -0.393 e. The van der Waals surface area contributed by atoms with Gasteiger partial charge in [0.15, 0.2) is 0 Å². The van der Waals surface area contributed by atoms with Crippen LogP contribution in [0.4, 0.5) is 0 Å². The maximum atomic E-state index is 9.24. The first-order valence-electron chi connectivity index (χ1n) is 4.34. The van der Waals surface area contributed by atoms with Gasteiger partial charge < -0.3 is 5.11 Å². The Morgan fingerprint density at radius 3 is 2.30 bits per heavy atom. The SMILES string of the molecule is CCC1(C)CCC(O)CC1. The third kappa shape index (κ3) is 1.72. The van der Waals surface area contributed by atoms with Crippen LogP contribution in [0.25, 0.3) is 0 Å². The standard InChI is InChI=1S/C9H18O/c1-3-9(2)6-4-8(10)5-7-9/h8,10H,3-7H2,1-2H3. The van der Waals surface area contributed by atoms with Gasteiger partial charge in [-0.15, -0.1) is 0 Å². The Balaban J connectivity index is 2.38. The van der Waals surface area contributed by atoms with Crippen LogP contribution in [0.2, 0.25) is 0 Å². The van der Waals surface area contributed by atoms with E-state index in [1.54, 1.807) is 0 Å². The molecule has 0 saturated heterocycles. The Bertz CT molecular complexity index is 101.